The fraction of sp³-hybridized carbons (Fsp3) is 0.571. The summed E-state index contributed by atoms with van der Waals surface area (Å²) in [7, 11) is 1.65. The van der Waals surface area contributed by atoms with Gasteiger partial charge in [-0.15, -0.1) is 0 Å². The Bertz CT molecular complexity index is 331. The van der Waals surface area contributed by atoms with E-state index in [2.05, 4.69) is 19.1 Å². The molecule has 0 aliphatic rings. The largest absolute Gasteiger partial charge is 0.382 e. The Morgan fingerprint density at radius 3 is 2.61 bits per heavy atom. The average molecular weight is 253 g/mol. The van der Waals surface area contributed by atoms with Crippen molar-refractivity contribution in [3.8, 4) is 0 Å². The molecule has 0 aliphatic heterocycles. The molecule has 18 heavy (non-hydrogen) atoms. The Balaban J connectivity index is 2.29. The van der Waals surface area contributed by atoms with E-state index in [1.54, 1.807) is 7.11 Å². The van der Waals surface area contributed by atoms with Crippen molar-refractivity contribution >= 4 is 0 Å². The number of ether oxygens (including phenoxy) is 3. The number of nitrogens with two attached hydrogens (primary N) is 1. The van der Waals surface area contributed by atoms with E-state index in [1.807, 2.05) is 12.1 Å². The third-order valence-corrected chi connectivity index (χ3v) is 2.61. The summed E-state index contributed by atoms with van der Waals surface area (Å²) in [5.41, 5.74) is 8.07. The van der Waals surface area contributed by atoms with E-state index in [0.717, 1.165) is 5.56 Å². The van der Waals surface area contributed by atoms with Crippen molar-refractivity contribution in [1.82, 2.24) is 0 Å². The van der Waals surface area contributed by atoms with Gasteiger partial charge in [0.25, 0.3) is 0 Å². The van der Waals surface area contributed by atoms with Gasteiger partial charge in [-0.25, -0.2) is 0 Å². The lowest BCUT2D eigenvalue weighted by molar-refractivity contribution is -0.00424. The molecule has 1 aromatic carbocycles. The third-order valence-electron chi connectivity index (χ3n) is 2.61. The van der Waals surface area contributed by atoms with Crippen molar-refractivity contribution in [2.75, 3.05) is 40.1 Å². The highest BCUT2D eigenvalue weighted by atomic mass is 16.5. The van der Waals surface area contributed by atoms with Gasteiger partial charge in [0.15, 0.2) is 0 Å². The van der Waals surface area contributed by atoms with Gasteiger partial charge in [-0.2, -0.15) is 0 Å². The van der Waals surface area contributed by atoms with Gasteiger partial charge in [-0.3, -0.25) is 0 Å². The smallest absolute Gasteiger partial charge is 0.0948 e. The topological polar surface area (TPSA) is 53.7 Å². The summed E-state index contributed by atoms with van der Waals surface area (Å²) in [6, 6.07) is 8.22. The number of aryl methyl sites for hydroxylation is 1. The molecular weight excluding hydrogens is 230 g/mol. The molecule has 1 aromatic rings. The maximum absolute atomic E-state index is 5.73. The van der Waals surface area contributed by atoms with E-state index in [1.165, 1.54) is 5.56 Å². The molecule has 0 amide bonds. The van der Waals surface area contributed by atoms with Crippen LogP contribution in [0, 0.1) is 6.92 Å². The minimum atomic E-state index is -0.0593. The zero-order chi connectivity index (χ0) is 13.2. The maximum Gasteiger partial charge on any atom is 0.0948 e. The maximum atomic E-state index is 5.73. The molecule has 0 bridgehead atoms. The van der Waals surface area contributed by atoms with Gasteiger partial charge in [0.05, 0.1) is 32.5 Å². The fourth-order valence-electron chi connectivity index (χ4n) is 1.66. The van der Waals surface area contributed by atoms with E-state index in [0.29, 0.717) is 33.0 Å². The van der Waals surface area contributed by atoms with Gasteiger partial charge < -0.3 is 19.9 Å². The van der Waals surface area contributed by atoms with Crippen LogP contribution in [0.5, 0.6) is 0 Å². The van der Waals surface area contributed by atoms with Crippen LogP contribution >= 0.6 is 0 Å². The average Bonchev–Trinajstić information content (AvgIpc) is 2.38. The van der Waals surface area contributed by atoms with Gasteiger partial charge in [0.2, 0.25) is 0 Å². The first kappa shape index (κ1) is 15.1. The van der Waals surface area contributed by atoms with Gasteiger partial charge in [0.1, 0.15) is 0 Å². The lowest BCUT2D eigenvalue weighted by Gasteiger charge is -2.17. The van der Waals surface area contributed by atoms with Gasteiger partial charge in [-0.1, -0.05) is 29.8 Å². The number of methoxy groups -OCH3 is 1. The molecule has 0 aromatic heterocycles. The van der Waals surface area contributed by atoms with Crippen molar-refractivity contribution in [2.24, 2.45) is 5.73 Å². The Morgan fingerprint density at radius 1 is 1.17 bits per heavy atom. The predicted molar refractivity (Wildman–Crippen MR) is 71.6 cm³/mol. The molecule has 2 N–H and O–H groups in total. The predicted octanol–water partition coefficient (Wildman–Crippen LogP) is 1.67. The summed E-state index contributed by atoms with van der Waals surface area (Å²) >= 11 is 0. The van der Waals surface area contributed by atoms with Crippen LogP contribution in [0.2, 0.25) is 0 Å². The van der Waals surface area contributed by atoms with Gasteiger partial charge in [0, 0.05) is 13.7 Å². The van der Waals surface area contributed by atoms with Crippen LogP contribution in [-0.2, 0) is 14.2 Å². The van der Waals surface area contributed by atoms with E-state index in [-0.39, 0.29) is 6.10 Å². The molecule has 0 saturated heterocycles. The lowest BCUT2D eigenvalue weighted by Crippen LogP contribution is -2.18. The number of hydrogen-bond donors (Lipinski definition) is 1. The zero-order valence-electron chi connectivity index (χ0n) is 11.2. The summed E-state index contributed by atoms with van der Waals surface area (Å²) in [4.78, 5) is 0. The summed E-state index contributed by atoms with van der Waals surface area (Å²) in [5.74, 6) is 0. The summed E-state index contributed by atoms with van der Waals surface area (Å²) in [5, 5.41) is 0. The monoisotopic (exact) mass is 253 g/mol. The van der Waals surface area contributed by atoms with Crippen molar-refractivity contribution in [1.29, 1.82) is 0 Å². The number of rotatable bonds is 9. The molecule has 4 nitrogen and oxygen atoms in total. The van der Waals surface area contributed by atoms with E-state index in [9.17, 15) is 0 Å². The molecule has 1 atom stereocenters. The van der Waals surface area contributed by atoms with Crippen molar-refractivity contribution in [2.45, 2.75) is 13.0 Å². The summed E-state index contributed by atoms with van der Waals surface area (Å²) in [6.07, 6.45) is -0.0593. The van der Waals surface area contributed by atoms with Gasteiger partial charge in [-0.05, 0) is 12.5 Å². The van der Waals surface area contributed by atoms with Crippen LogP contribution in [0.1, 0.15) is 17.2 Å². The van der Waals surface area contributed by atoms with E-state index in [4.69, 9.17) is 19.9 Å². The number of benzene rings is 1. The van der Waals surface area contributed by atoms with E-state index < -0.39 is 0 Å². The molecule has 0 aliphatic carbocycles. The Morgan fingerprint density at radius 2 is 1.94 bits per heavy atom. The highest BCUT2D eigenvalue weighted by Gasteiger charge is 2.09. The SMILES string of the molecule is COCCOCCOC(CN)c1cccc(C)c1. The standard InChI is InChI=1S/C14H23NO3/c1-12-4-3-5-13(10-12)14(11-15)18-9-8-17-7-6-16-2/h3-5,10,14H,6-9,11,15H2,1-2H3. The quantitative estimate of drug-likeness (QED) is 0.680. The first-order valence-electron chi connectivity index (χ1n) is 6.23. The first-order valence-corrected chi connectivity index (χ1v) is 6.23. The lowest BCUT2D eigenvalue weighted by atomic mass is 10.1. The summed E-state index contributed by atoms with van der Waals surface area (Å²) in [6.45, 7) is 4.84. The molecular formula is C14H23NO3. The van der Waals surface area contributed by atoms with Crippen LogP contribution in [0.3, 0.4) is 0 Å². The molecule has 102 valence electrons. The van der Waals surface area contributed by atoms with Crippen LogP contribution < -0.4 is 5.73 Å². The van der Waals surface area contributed by atoms with Crippen molar-refractivity contribution in [3.63, 3.8) is 0 Å². The molecule has 0 heterocycles. The van der Waals surface area contributed by atoms with Crippen LogP contribution in [-0.4, -0.2) is 40.1 Å². The second kappa shape index (κ2) is 9.05. The number of hydrogen-bond acceptors (Lipinski definition) is 4. The van der Waals surface area contributed by atoms with Crippen molar-refractivity contribution in [3.05, 3.63) is 35.4 Å². The molecule has 1 rings (SSSR count). The minimum absolute atomic E-state index is 0.0593. The minimum Gasteiger partial charge on any atom is -0.382 e. The molecule has 0 spiro atoms. The molecule has 0 radical (unpaired) electrons. The zero-order valence-corrected chi connectivity index (χ0v) is 11.2. The normalized spacial score (nSPS) is 12.6. The highest BCUT2D eigenvalue weighted by Crippen LogP contribution is 2.17. The van der Waals surface area contributed by atoms with Crippen LogP contribution in [0.4, 0.5) is 0 Å². The third kappa shape index (κ3) is 5.60. The second-order valence-corrected chi connectivity index (χ2v) is 4.11. The van der Waals surface area contributed by atoms with Crippen LogP contribution in [0.25, 0.3) is 0 Å². The highest BCUT2D eigenvalue weighted by molar-refractivity contribution is 5.24. The molecule has 0 saturated carbocycles. The Kier molecular flexibility index (Phi) is 7.60. The molecule has 1 unspecified atom stereocenters. The Hall–Kier alpha value is -0.940. The Labute approximate surface area is 109 Å². The van der Waals surface area contributed by atoms with Crippen molar-refractivity contribution < 1.29 is 14.2 Å². The molecule has 0 fully saturated rings. The van der Waals surface area contributed by atoms with Crippen LogP contribution in [0.15, 0.2) is 24.3 Å². The summed E-state index contributed by atoms with van der Waals surface area (Å²) < 4.78 is 15.9. The van der Waals surface area contributed by atoms with E-state index >= 15 is 0 Å². The first-order chi connectivity index (χ1) is 8.77. The second-order valence-electron chi connectivity index (χ2n) is 4.11. The van der Waals surface area contributed by atoms with Gasteiger partial charge >= 0.3 is 0 Å². The fourth-order valence-corrected chi connectivity index (χ4v) is 1.66. The molecule has 4 heteroatoms.